The van der Waals surface area contributed by atoms with Gasteiger partial charge in [-0.3, -0.25) is 9.69 Å². The van der Waals surface area contributed by atoms with Crippen LogP contribution in [0, 0.1) is 5.92 Å². The molecular weight excluding hydrogens is 432 g/mol. The largest absolute Gasteiger partial charge is 0.493 e. The van der Waals surface area contributed by atoms with Crippen molar-refractivity contribution in [2.45, 2.75) is 25.6 Å². The van der Waals surface area contributed by atoms with Gasteiger partial charge >= 0.3 is 0 Å². The number of ether oxygens (including phenoxy) is 2. The summed E-state index contributed by atoms with van der Waals surface area (Å²) in [6.45, 7) is 4.02. The number of carbonyl (C=O) groups is 1. The minimum absolute atomic E-state index is 0.0740. The summed E-state index contributed by atoms with van der Waals surface area (Å²) in [5.74, 6) is 2.24. The Labute approximate surface area is 181 Å². The molecule has 1 atom stereocenters. The molecule has 29 heavy (non-hydrogen) atoms. The molecule has 152 valence electrons. The summed E-state index contributed by atoms with van der Waals surface area (Å²) < 4.78 is 11.4. The lowest BCUT2D eigenvalue weighted by Crippen LogP contribution is -2.46. The number of fused-ring (bicyclic) bond motifs is 3. The summed E-state index contributed by atoms with van der Waals surface area (Å²) in [6, 6.07) is 3.24. The molecule has 0 bridgehead atoms. The van der Waals surface area contributed by atoms with Crippen LogP contribution in [0.1, 0.15) is 25.1 Å². The van der Waals surface area contributed by atoms with Gasteiger partial charge < -0.3 is 9.47 Å². The Morgan fingerprint density at radius 2 is 1.97 bits per heavy atom. The Hall–Kier alpha value is -2.10. The second-order valence-corrected chi connectivity index (χ2v) is 9.21. The van der Waals surface area contributed by atoms with E-state index in [1.54, 1.807) is 14.2 Å². The minimum atomic E-state index is -0.392. The number of hydrogen-bond donors (Lipinski definition) is 0. The van der Waals surface area contributed by atoms with Gasteiger partial charge in [-0.2, -0.15) is 4.99 Å². The van der Waals surface area contributed by atoms with Gasteiger partial charge in [0.05, 0.1) is 25.6 Å². The highest BCUT2D eigenvalue weighted by Gasteiger charge is 2.43. The molecule has 1 aromatic heterocycles. The zero-order chi connectivity index (χ0) is 20.7. The molecule has 2 aliphatic heterocycles. The maximum atomic E-state index is 12.7. The number of carbonyl (C=O) groups excluding carboxylic acids is 1. The molecular formula is C19H19ClN4O3S2. The molecule has 0 saturated carbocycles. The van der Waals surface area contributed by atoms with E-state index in [2.05, 4.69) is 9.98 Å². The van der Waals surface area contributed by atoms with Crippen molar-refractivity contribution in [2.24, 2.45) is 15.9 Å². The highest BCUT2D eigenvalue weighted by atomic mass is 35.5. The first-order chi connectivity index (χ1) is 13.9. The molecule has 10 heteroatoms. The number of thioether (sulfide) groups is 1. The number of amides is 1. The molecule has 0 fully saturated rings. The number of thiazole rings is 1. The van der Waals surface area contributed by atoms with E-state index in [-0.39, 0.29) is 11.8 Å². The number of aliphatic imine (C=N–C) groups is 2. The molecule has 2 aromatic rings. The average molecular weight is 451 g/mol. The topological polar surface area (TPSA) is 76.4 Å². The van der Waals surface area contributed by atoms with E-state index in [1.807, 2.05) is 36.3 Å². The number of methoxy groups -OCH3 is 2. The maximum Gasteiger partial charge on any atom is 0.271 e. The number of hydrogen-bond acceptors (Lipinski definition) is 8. The van der Waals surface area contributed by atoms with E-state index in [0.29, 0.717) is 38.4 Å². The fourth-order valence-electron chi connectivity index (χ4n) is 3.34. The van der Waals surface area contributed by atoms with Crippen LogP contribution in [0.5, 0.6) is 11.5 Å². The van der Waals surface area contributed by atoms with Crippen molar-refractivity contribution in [3.63, 3.8) is 0 Å². The Balaban J connectivity index is 1.78. The third kappa shape index (κ3) is 3.62. The summed E-state index contributed by atoms with van der Waals surface area (Å²) in [6.07, 6.45) is 0. The SMILES string of the molecule is COc1cc2c(cc1OC)C1=NC(=O)[C@@H](C(C)C)N1C(SCc1csc(Cl)n1)=N2. The predicted molar refractivity (Wildman–Crippen MR) is 117 cm³/mol. The van der Waals surface area contributed by atoms with E-state index >= 15 is 0 Å². The summed E-state index contributed by atoms with van der Waals surface area (Å²) in [5, 5.41) is 2.63. The fraction of sp³-hybridized carbons (Fsp3) is 0.368. The number of aromatic nitrogens is 1. The van der Waals surface area contributed by atoms with Crippen LogP contribution in [-0.2, 0) is 10.5 Å². The molecule has 0 N–H and O–H groups in total. The Kier molecular flexibility index (Phi) is 5.54. The highest BCUT2D eigenvalue weighted by Crippen LogP contribution is 2.42. The fourth-order valence-corrected chi connectivity index (χ4v) is 5.15. The van der Waals surface area contributed by atoms with Gasteiger partial charge in [0.25, 0.3) is 5.91 Å². The van der Waals surface area contributed by atoms with Gasteiger partial charge in [-0.15, -0.1) is 11.3 Å². The van der Waals surface area contributed by atoms with Gasteiger partial charge in [0.1, 0.15) is 11.9 Å². The quantitative estimate of drug-likeness (QED) is 0.673. The van der Waals surface area contributed by atoms with Crippen LogP contribution < -0.4 is 9.47 Å². The average Bonchev–Trinajstić information content (AvgIpc) is 3.27. The van der Waals surface area contributed by atoms with Gasteiger partial charge in [0, 0.05) is 22.8 Å². The van der Waals surface area contributed by atoms with E-state index in [9.17, 15) is 4.79 Å². The number of rotatable bonds is 5. The first-order valence-corrected chi connectivity index (χ1v) is 11.2. The van der Waals surface area contributed by atoms with Crippen LogP contribution in [0.4, 0.5) is 5.69 Å². The van der Waals surface area contributed by atoms with Crippen molar-refractivity contribution in [3.05, 3.63) is 33.2 Å². The van der Waals surface area contributed by atoms with Crippen molar-refractivity contribution in [1.82, 2.24) is 9.88 Å². The molecule has 4 rings (SSSR count). The molecule has 0 aliphatic carbocycles. The lowest BCUT2D eigenvalue weighted by atomic mass is 10.0. The van der Waals surface area contributed by atoms with E-state index in [1.165, 1.54) is 23.1 Å². The Bertz CT molecular complexity index is 1030. The lowest BCUT2D eigenvalue weighted by molar-refractivity contribution is -0.120. The number of amidine groups is 2. The van der Waals surface area contributed by atoms with Gasteiger partial charge in [0.15, 0.2) is 21.1 Å². The van der Waals surface area contributed by atoms with Crippen LogP contribution in [0.3, 0.4) is 0 Å². The van der Waals surface area contributed by atoms with Crippen LogP contribution in [0.15, 0.2) is 27.5 Å². The second kappa shape index (κ2) is 7.97. The van der Waals surface area contributed by atoms with Crippen molar-refractivity contribution in [2.75, 3.05) is 14.2 Å². The number of benzene rings is 1. The summed E-state index contributed by atoms with van der Waals surface area (Å²) >= 11 is 8.85. The lowest BCUT2D eigenvalue weighted by Gasteiger charge is -2.33. The molecule has 1 amide bonds. The van der Waals surface area contributed by atoms with E-state index in [4.69, 9.17) is 26.1 Å². The van der Waals surface area contributed by atoms with Crippen molar-refractivity contribution in [3.8, 4) is 11.5 Å². The molecule has 1 aromatic carbocycles. The van der Waals surface area contributed by atoms with Gasteiger partial charge in [-0.1, -0.05) is 37.2 Å². The van der Waals surface area contributed by atoms with E-state index in [0.717, 1.165) is 11.3 Å². The third-order valence-corrected chi connectivity index (χ3v) is 6.66. The van der Waals surface area contributed by atoms with Crippen LogP contribution >= 0.6 is 34.7 Å². The zero-order valence-corrected chi connectivity index (χ0v) is 18.7. The van der Waals surface area contributed by atoms with Gasteiger partial charge in [-0.05, 0) is 12.0 Å². The maximum absolute atomic E-state index is 12.7. The van der Waals surface area contributed by atoms with Crippen molar-refractivity contribution in [1.29, 1.82) is 0 Å². The molecule has 2 aliphatic rings. The molecule has 0 unspecified atom stereocenters. The molecule has 0 radical (unpaired) electrons. The number of halogens is 1. The summed E-state index contributed by atoms with van der Waals surface area (Å²) in [7, 11) is 3.16. The highest BCUT2D eigenvalue weighted by molar-refractivity contribution is 8.13. The molecule has 0 saturated heterocycles. The van der Waals surface area contributed by atoms with Crippen LogP contribution in [-0.4, -0.2) is 47.1 Å². The molecule has 7 nitrogen and oxygen atoms in total. The monoisotopic (exact) mass is 450 g/mol. The first kappa shape index (κ1) is 20.2. The van der Waals surface area contributed by atoms with Crippen LogP contribution in [0.2, 0.25) is 4.47 Å². The number of nitrogens with zero attached hydrogens (tertiary/aromatic N) is 4. The Morgan fingerprint density at radius 3 is 2.59 bits per heavy atom. The van der Waals surface area contributed by atoms with Gasteiger partial charge in [0.2, 0.25) is 0 Å². The second-order valence-electron chi connectivity index (χ2n) is 6.83. The molecule has 3 heterocycles. The normalized spacial score (nSPS) is 17.8. The third-order valence-electron chi connectivity index (χ3n) is 4.64. The Morgan fingerprint density at radius 1 is 1.24 bits per heavy atom. The standard InChI is InChI=1S/C19H19ClN4O3S2/c1-9(2)15-17(25)23-16-11-5-13(26-3)14(27-4)6-12(11)22-19(24(15)16)29-8-10-7-28-18(20)21-10/h5-7,9,15H,8H2,1-4H3/t15-/m1/s1. The minimum Gasteiger partial charge on any atom is -0.493 e. The summed E-state index contributed by atoms with van der Waals surface area (Å²) in [4.78, 5) is 28.2. The predicted octanol–water partition coefficient (Wildman–Crippen LogP) is 4.36. The van der Waals surface area contributed by atoms with Crippen molar-refractivity contribution >= 4 is 57.3 Å². The van der Waals surface area contributed by atoms with Gasteiger partial charge in [-0.25, -0.2) is 9.98 Å². The zero-order valence-electron chi connectivity index (χ0n) is 16.3. The van der Waals surface area contributed by atoms with E-state index < -0.39 is 6.04 Å². The smallest absolute Gasteiger partial charge is 0.271 e. The summed E-state index contributed by atoms with van der Waals surface area (Å²) in [5.41, 5.74) is 2.31. The molecule has 0 spiro atoms. The van der Waals surface area contributed by atoms with Crippen molar-refractivity contribution < 1.29 is 14.3 Å². The first-order valence-electron chi connectivity index (χ1n) is 8.92. The van der Waals surface area contributed by atoms with Crippen LogP contribution in [0.25, 0.3) is 0 Å².